The van der Waals surface area contributed by atoms with Crippen molar-refractivity contribution in [2.45, 2.75) is 38.8 Å². The Morgan fingerprint density at radius 3 is 2.82 bits per heavy atom. The van der Waals surface area contributed by atoms with Crippen molar-refractivity contribution in [2.75, 3.05) is 5.73 Å². The van der Waals surface area contributed by atoms with Gasteiger partial charge >= 0.3 is 0 Å². The number of nitrogens with one attached hydrogen (secondary N) is 1. The molecule has 0 radical (unpaired) electrons. The zero-order valence-electron chi connectivity index (χ0n) is 15.7. The predicted molar refractivity (Wildman–Crippen MR) is 105 cm³/mol. The minimum absolute atomic E-state index is 0.00570. The van der Waals surface area contributed by atoms with Crippen LogP contribution in [0.25, 0.3) is 11.0 Å². The molecule has 142 valence electrons. The Bertz CT molecular complexity index is 1130. The van der Waals surface area contributed by atoms with E-state index in [4.69, 9.17) is 5.73 Å². The highest BCUT2D eigenvalue weighted by atomic mass is 19.1. The molecule has 0 atom stereocenters. The van der Waals surface area contributed by atoms with E-state index in [1.807, 2.05) is 24.6 Å². The van der Waals surface area contributed by atoms with E-state index in [1.165, 1.54) is 18.5 Å². The summed E-state index contributed by atoms with van der Waals surface area (Å²) in [6.45, 7) is 4.08. The number of benzene rings is 1. The molecule has 0 saturated heterocycles. The number of fused-ring (bicyclic) bond motifs is 1. The van der Waals surface area contributed by atoms with Gasteiger partial charge in [-0.25, -0.2) is 14.4 Å². The first kappa shape index (κ1) is 18.0. The summed E-state index contributed by atoms with van der Waals surface area (Å²) in [5, 5.41) is 3.49. The third kappa shape index (κ3) is 3.41. The SMILES string of the molecule is CC(C)n1cc(C#Cc2ccc(F)c(C(=O)NC3CC3)c2)c2c(N)ncnc21. The number of amides is 1. The standard InChI is InChI=1S/C21H20FN5O/c1-12(2)27-10-14(18-19(23)24-11-25-20(18)27)5-3-13-4-8-17(22)16(9-13)21(28)26-15-6-7-15/h4,8-12,15H,6-7H2,1-2H3,(H,26,28)(H2,23,24,25). The normalized spacial score (nSPS) is 13.4. The van der Waals surface area contributed by atoms with Crippen LogP contribution in [0.3, 0.4) is 0 Å². The monoisotopic (exact) mass is 377 g/mol. The van der Waals surface area contributed by atoms with Crippen LogP contribution in [0.1, 0.15) is 54.2 Å². The number of carbonyl (C=O) groups is 1. The fourth-order valence-electron chi connectivity index (χ4n) is 3.00. The van der Waals surface area contributed by atoms with E-state index in [-0.39, 0.29) is 17.6 Å². The summed E-state index contributed by atoms with van der Waals surface area (Å²) in [5.41, 5.74) is 8.00. The average Bonchev–Trinajstić information content (AvgIpc) is 3.38. The first-order chi connectivity index (χ1) is 13.4. The van der Waals surface area contributed by atoms with Crippen LogP contribution < -0.4 is 11.1 Å². The smallest absolute Gasteiger partial charge is 0.254 e. The molecule has 0 spiro atoms. The second kappa shape index (κ2) is 6.97. The topological polar surface area (TPSA) is 85.8 Å². The van der Waals surface area contributed by atoms with Crippen LogP contribution in [0.2, 0.25) is 0 Å². The summed E-state index contributed by atoms with van der Waals surface area (Å²) in [6, 6.07) is 4.63. The molecule has 3 aromatic rings. The molecule has 1 aromatic carbocycles. The van der Waals surface area contributed by atoms with Crippen LogP contribution in [-0.2, 0) is 0 Å². The summed E-state index contributed by atoms with van der Waals surface area (Å²) < 4.78 is 16.0. The molecule has 0 unspecified atom stereocenters. The summed E-state index contributed by atoms with van der Waals surface area (Å²) in [5.74, 6) is 5.47. The maximum Gasteiger partial charge on any atom is 0.254 e. The first-order valence-electron chi connectivity index (χ1n) is 9.17. The zero-order valence-corrected chi connectivity index (χ0v) is 15.7. The molecule has 3 N–H and O–H groups in total. The van der Waals surface area contributed by atoms with Crippen molar-refractivity contribution in [3.05, 3.63) is 53.2 Å². The van der Waals surface area contributed by atoms with Crippen molar-refractivity contribution < 1.29 is 9.18 Å². The van der Waals surface area contributed by atoms with Crippen LogP contribution in [0.4, 0.5) is 10.2 Å². The summed E-state index contributed by atoms with van der Waals surface area (Å²) >= 11 is 0. The Kier molecular flexibility index (Phi) is 4.47. The maximum atomic E-state index is 14.1. The highest BCUT2D eigenvalue weighted by molar-refractivity contribution is 5.95. The number of carbonyl (C=O) groups excluding carboxylic acids is 1. The van der Waals surface area contributed by atoms with Crippen LogP contribution in [0.15, 0.2) is 30.7 Å². The largest absolute Gasteiger partial charge is 0.383 e. The van der Waals surface area contributed by atoms with Gasteiger partial charge in [-0.3, -0.25) is 4.79 Å². The highest BCUT2D eigenvalue weighted by Crippen LogP contribution is 2.26. The molecule has 2 heterocycles. The lowest BCUT2D eigenvalue weighted by molar-refractivity contribution is 0.0947. The van der Waals surface area contributed by atoms with E-state index in [0.29, 0.717) is 22.3 Å². The molecular weight excluding hydrogens is 357 g/mol. The molecule has 2 aromatic heterocycles. The van der Waals surface area contributed by atoms with Crippen LogP contribution >= 0.6 is 0 Å². The Morgan fingerprint density at radius 1 is 1.32 bits per heavy atom. The molecular formula is C21H20FN5O. The lowest BCUT2D eigenvalue weighted by atomic mass is 10.1. The van der Waals surface area contributed by atoms with E-state index >= 15 is 0 Å². The van der Waals surface area contributed by atoms with E-state index in [0.717, 1.165) is 18.5 Å². The Hall–Kier alpha value is -3.40. The molecule has 0 aliphatic heterocycles. The van der Waals surface area contributed by atoms with Crippen molar-refractivity contribution >= 4 is 22.8 Å². The van der Waals surface area contributed by atoms with Crippen LogP contribution in [0, 0.1) is 17.7 Å². The fraction of sp³-hybridized carbons (Fsp3) is 0.286. The van der Waals surface area contributed by atoms with Gasteiger partial charge in [0.05, 0.1) is 16.5 Å². The molecule has 1 aliphatic carbocycles. The third-order valence-electron chi connectivity index (χ3n) is 4.66. The van der Waals surface area contributed by atoms with Crippen molar-refractivity contribution in [1.29, 1.82) is 0 Å². The van der Waals surface area contributed by atoms with Gasteiger partial charge in [0.2, 0.25) is 0 Å². The lowest BCUT2D eigenvalue weighted by Crippen LogP contribution is -2.26. The van der Waals surface area contributed by atoms with Gasteiger partial charge in [0.1, 0.15) is 23.6 Å². The molecule has 4 rings (SSSR count). The number of nitrogens with two attached hydrogens (primary N) is 1. The molecule has 1 fully saturated rings. The van der Waals surface area contributed by atoms with Crippen molar-refractivity contribution in [2.24, 2.45) is 0 Å². The van der Waals surface area contributed by atoms with Gasteiger partial charge in [0.25, 0.3) is 5.91 Å². The number of rotatable bonds is 3. The average molecular weight is 377 g/mol. The quantitative estimate of drug-likeness (QED) is 0.687. The van der Waals surface area contributed by atoms with Gasteiger partial charge in [-0.1, -0.05) is 11.8 Å². The minimum atomic E-state index is -0.558. The summed E-state index contributed by atoms with van der Waals surface area (Å²) in [7, 11) is 0. The van der Waals surface area contributed by atoms with Gasteiger partial charge in [-0.2, -0.15) is 0 Å². The number of halogens is 1. The third-order valence-corrected chi connectivity index (χ3v) is 4.66. The molecule has 7 heteroatoms. The summed E-state index contributed by atoms with van der Waals surface area (Å²) in [6.07, 6.45) is 5.20. The lowest BCUT2D eigenvalue weighted by Gasteiger charge is -2.07. The van der Waals surface area contributed by atoms with Gasteiger partial charge < -0.3 is 15.6 Å². The van der Waals surface area contributed by atoms with Gasteiger partial charge in [-0.05, 0) is 44.9 Å². The van der Waals surface area contributed by atoms with Crippen LogP contribution in [-0.4, -0.2) is 26.5 Å². The van der Waals surface area contributed by atoms with E-state index in [9.17, 15) is 9.18 Å². The second-order valence-corrected chi connectivity index (χ2v) is 7.19. The summed E-state index contributed by atoms with van der Waals surface area (Å²) in [4.78, 5) is 20.6. The molecule has 6 nitrogen and oxygen atoms in total. The maximum absolute atomic E-state index is 14.1. The fourth-order valence-corrected chi connectivity index (χ4v) is 3.00. The predicted octanol–water partition coefficient (Wildman–Crippen LogP) is 3.03. The van der Waals surface area contributed by atoms with Gasteiger partial charge in [-0.15, -0.1) is 0 Å². The number of hydrogen-bond acceptors (Lipinski definition) is 4. The molecule has 28 heavy (non-hydrogen) atoms. The van der Waals surface area contributed by atoms with Crippen molar-refractivity contribution in [1.82, 2.24) is 19.9 Å². The Balaban J connectivity index is 1.72. The number of aromatic nitrogens is 3. The molecule has 1 amide bonds. The Morgan fingerprint density at radius 2 is 2.11 bits per heavy atom. The van der Waals surface area contributed by atoms with E-state index in [1.54, 1.807) is 6.07 Å². The number of nitrogen functional groups attached to an aromatic ring is 1. The van der Waals surface area contributed by atoms with Crippen molar-refractivity contribution in [3.63, 3.8) is 0 Å². The zero-order chi connectivity index (χ0) is 19.8. The van der Waals surface area contributed by atoms with E-state index < -0.39 is 11.7 Å². The van der Waals surface area contributed by atoms with Gasteiger partial charge in [0, 0.05) is 23.8 Å². The minimum Gasteiger partial charge on any atom is -0.383 e. The van der Waals surface area contributed by atoms with E-state index in [2.05, 4.69) is 27.1 Å². The van der Waals surface area contributed by atoms with Crippen LogP contribution in [0.5, 0.6) is 0 Å². The molecule has 0 bridgehead atoms. The van der Waals surface area contributed by atoms with Gasteiger partial charge in [0.15, 0.2) is 0 Å². The molecule has 1 saturated carbocycles. The number of nitrogens with zero attached hydrogens (tertiary/aromatic N) is 3. The second-order valence-electron chi connectivity index (χ2n) is 7.19. The van der Waals surface area contributed by atoms with Crippen molar-refractivity contribution in [3.8, 4) is 11.8 Å². The highest BCUT2D eigenvalue weighted by Gasteiger charge is 2.25. The Labute approximate surface area is 162 Å². The molecule has 1 aliphatic rings. The number of hydrogen-bond donors (Lipinski definition) is 2. The first-order valence-corrected chi connectivity index (χ1v) is 9.17. The number of anilines is 1.